The Hall–Kier alpha value is -1.09. The van der Waals surface area contributed by atoms with Crippen molar-refractivity contribution >= 4 is 17.1 Å². The van der Waals surface area contributed by atoms with Gasteiger partial charge in [-0.25, -0.2) is 9.55 Å². The number of rotatable bonds is 0. The molecule has 0 unspecified atom stereocenters. The maximum atomic E-state index is 3.35. The minimum Gasteiger partial charge on any atom is -1.00 e. The molecule has 0 atom stereocenters. The maximum Gasteiger partial charge on any atom is 0.280 e. The van der Waals surface area contributed by atoms with E-state index in [0.717, 1.165) is 6.54 Å². The van der Waals surface area contributed by atoms with Crippen molar-refractivity contribution < 1.29 is 21.5 Å². The summed E-state index contributed by atoms with van der Waals surface area (Å²) in [6.45, 7) is 0.999. The van der Waals surface area contributed by atoms with E-state index in [1.165, 1.54) is 16.9 Å². The second-order valence-corrected chi connectivity index (χ2v) is 3.04. The predicted molar refractivity (Wildman–Crippen MR) is 47.5 cm³/mol. The number of nitrogens with zero attached hydrogens (tertiary/aromatic N) is 1. The fraction of sp³-hybridized carbons (Fsp3) is 0.100. The number of benzene rings is 1. The molecule has 2 heterocycles. The van der Waals surface area contributed by atoms with Crippen LogP contribution in [0.5, 0.6) is 0 Å². The zero-order valence-electron chi connectivity index (χ0n) is 7.00. The fourth-order valence-corrected chi connectivity index (χ4v) is 1.75. The summed E-state index contributed by atoms with van der Waals surface area (Å²) in [5, 5.41) is 0. The molecule has 1 aliphatic heterocycles. The largest absolute Gasteiger partial charge is 1.00 e. The quantitative estimate of drug-likeness (QED) is 0.537. The topological polar surface area (TPSA) is 19.7 Å². The molecule has 13 heavy (non-hydrogen) atoms. The zero-order valence-corrected chi connectivity index (χ0v) is 8.58. The molecule has 0 aliphatic carbocycles. The van der Waals surface area contributed by atoms with Gasteiger partial charge in [0.1, 0.15) is 6.54 Å². The van der Waals surface area contributed by atoms with Crippen LogP contribution in [0, 0.1) is 0 Å². The van der Waals surface area contributed by atoms with Crippen molar-refractivity contribution in [3.63, 3.8) is 0 Å². The van der Waals surface area contributed by atoms with Crippen LogP contribution < -0.4 is 21.5 Å². The van der Waals surface area contributed by atoms with Gasteiger partial charge in [0.25, 0.3) is 5.82 Å². The van der Waals surface area contributed by atoms with Crippen molar-refractivity contribution in [3.05, 3.63) is 36.2 Å². The number of para-hydroxylation sites is 2. The lowest BCUT2D eigenvalue weighted by molar-refractivity contribution is -0.658. The molecule has 0 amide bonds. The van der Waals surface area contributed by atoms with E-state index in [1.54, 1.807) is 0 Å². The average molecular weight is 237 g/mol. The number of hydrogen-bond donors (Lipinski definition) is 1. The first-order chi connectivity index (χ1) is 5.95. The number of halogens is 1. The number of hydrogen-bond acceptors (Lipinski definition) is 0. The molecular formula is C10H9BrN2. The molecule has 0 saturated heterocycles. The number of imidazole rings is 1. The zero-order chi connectivity index (χ0) is 7.97. The first-order valence-electron chi connectivity index (χ1n) is 4.12. The Morgan fingerprint density at radius 1 is 1.23 bits per heavy atom. The van der Waals surface area contributed by atoms with Crippen LogP contribution in [0.25, 0.3) is 17.1 Å². The van der Waals surface area contributed by atoms with Gasteiger partial charge in [0, 0.05) is 6.08 Å². The molecule has 1 aliphatic rings. The van der Waals surface area contributed by atoms with Gasteiger partial charge < -0.3 is 17.0 Å². The van der Waals surface area contributed by atoms with Crippen LogP contribution in [0.2, 0.25) is 0 Å². The number of H-pyrrole nitrogens is 1. The van der Waals surface area contributed by atoms with Gasteiger partial charge in [0.2, 0.25) is 0 Å². The normalized spacial score (nSPS) is 12.9. The van der Waals surface area contributed by atoms with Crippen molar-refractivity contribution in [3.8, 4) is 0 Å². The van der Waals surface area contributed by atoms with Gasteiger partial charge in [-0.05, 0) is 18.2 Å². The molecule has 1 aromatic heterocycles. The van der Waals surface area contributed by atoms with E-state index in [1.807, 2.05) is 0 Å². The second kappa shape index (κ2) is 3.00. The van der Waals surface area contributed by atoms with Crippen molar-refractivity contribution in [2.75, 3.05) is 0 Å². The molecule has 0 saturated carbocycles. The molecule has 2 aromatic rings. The lowest BCUT2D eigenvalue weighted by Crippen LogP contribution is -3.00. The van der Waals surface area contributed by atoms with Crippen molar-refractivity contribution in [1.82, 2.24) is 4.98 Å². The molecule has 0 spiro atoms. The monoisotopic (exact) mass is 236 g/mol. The number of aromatic amines is 1. The Balaban J connectivity index is 0.000000653. The molecule has 0 fully saturated rings. The Bertz CT molecular complexity index is 471. The second-order valence-electron chi connectivity index (χ2n) is 3.04. The molecule has 1 N–H and O–H groups in total. The predicted octanol–water partition coefficient (Wildman–Crippen LogP) is -1.51. The van der Waals surface area contributed by atoms with Crippen LogP contribution in [-0.4, -0.2) is 4.98 Å². The molecule has 2 nitrogen and oxygen atoms in total. The Morgan fingerprint density at radius 3 is 3.00 bits per heavy atom. The summed E-state index contributed by atoms with van der Waals surface area (Å²) >= 11 is 0. The van der Waals surface area contributed by atoms with Gasteiger partial charge in [0.15, 0.2) is 11.0 Å². The van der Waals surface area contributed by atoms with E-state index in [4.69, 9.17) is 0 Å². The van der Waals surface area contributed by atoms with Gasteiger partial charge in [-0.2, -0.15) is 0 Å². The molecule has 3 rings (SSSR count). The minimum atomic E-state index is 0. The number of allylic oxidation sites excluding steroid dienone is 1. The minimum absolute atomic E-state index is 0. The van der Waals surface area contributed by atoms with Crippen molar-refractivity contribution in [1.29, 1.82) is 0 Å². The highest BCUT2D eigenvalue weighted by atomic mass is 79.9. The van der Waals surface area contributed by atoms with Crippen LogP contribution in [0.3, 0.4) is 0 Å². The van der Waals surface area contributed by atoms with Crippen molar-refractivity contribution in [2.45, 2.75) is 6.54 Å². The summed E-state index contributed by atoms with van der Waals surface area (Å²) in [6, 6.07) is 8.37. The Morgan fingerprint density at radius 2 is 2.08 bits per heavy atom. The molecular weight excluding hydrogens is 228 g/mol. The van der Waals surface area contributed by atoms with Crippen molar-refractivity contribution in [2.24, 2.45) is 0 Å². The first-order valence-corrected chi connectivity index (χ1v) is 4.12. The highest BCUT2D eigenvalue weighted by Crippen LogP contribution is 2.12. The third-order valence-corrected chi connectivity index (χ3v) is 2.31. The van der Waals surface area contributed by atoms with Gasteiger partial charge >= 0.3 is 0 Å². The Labute approximate surface area is 86.7 Å². The van der Waals surface area contributed by atoms with E-state index < -0.39 is 0 Å². The van der Waals surface area contributed by atoms with Crippen LogP contribution in [-0.2, 0) is 6.54 Å². The number of fused-ring (bicyclic) bond motifs is 3. The summed E-state index contributed by atoms with van der Waals surface area (Å²) < 4.78 is 2.27. The van der Waals surface area contributed by atoms with E-state index in [-0.39, 0.29) is 17.0 Å². The summed E-state index contributed by atoms with van der Waals surface area (Å²) in [5.74, 6) is 1.20. The standard InChI is InChI=1S/C10H8N2.BrH/c1-2-5-9-8(4-1)11-10-6-3-7-12(9)10;/h1-6H,7H2;1H. The highest BCUT2D eigenvalue weighted by molar-refractivity contribution is 5.72. The van der Waals surface area contributed by atoms with Gasteiger partial charge in [-0.3, -0.25) is 0 Å². The lowest BCUT2D eigenvalue weighted by Gasteiger charge is -1.87. The van der Waals surface area contributed by atoms with Gasteiger partial charge in [-0.1, -0.05) is 12.1 Å². The lowest BCUT2D eigenvalue weighted by atomic mass is 10.3. The van der Waals surface area contributed by atoms with Crippen LogP contribution in [0.15, 0.2) is 30.3 Å². The van der Waals surface area contributed by atoms with E-state index in [2.05, 4.69) is 46.0 Å². The number of aromatic nitrogens is 2. The van der Waals surface area contributed by atoms with Gasteiger partial charge in [0.05, 0.1) is 0 Å². The van der Waals surface area contributed by atoms with Crippen LogP contribution in [0.1, 0.15) is 5.82 Å². The SMILES string of the molecule is C1=Cc2[nH]c3ccccc3[n+]2C1.[Br-]. The van der Waals surface area contributed by atoms with E-state index in [0.29, 0.717) is 0 Å². The molecule has 3 heteroatoms. The summed E-state index contributed by atoms with van der Waals surface area (Å²) in [6.07, 6.45) is 4.29. The summed E-state index contributed by atoms with van der Waals surface area (Å²) in [7, 11) is 0. The first kappa shape index (κ1) is 8.51. The smallest absolute Gasteiger partial charge is 0.280 e. The molecule has 0 bridgehead atoms. The molecule has 1 aromatic carbocycles. The summed E-state index contributed by atoms with van der Waals surface area (Å²) in [4.78, 5) is 3.35. The van der Waals surface area contributed by atoms with E-state index in [9.17, 15) is 0 Å². The maximum absolute atomic E-state index is 3.35. The fourth-order valence-electron chi connectivity index (χ4n) is 1.75. The molecule has 66 valence electrons. The van der Waals surface area contributed by atoms with Gasteiger partial charge in [-0.15, -0.1) is 0 Å². The third-order valence-electron chi connectivity index (χ3n) is 2.31. The Kier molecular flexibility index (Phi) is 1.96. The van der Waals surface area contributed by atoms with Crippen LogP contribution >= 0.6 is 0 Å². The third kappa shape index (κ3) is 1.11. The highest BCUT2D eigenvalue weighted by Gasteiger charge is 2.17. The molecule has 0 radical (unpaired) electrons. The van der Waals surface area contributed by atoms with Crippen LogP contribution in [0.4, 0.5) is 0 Å². The average Bonchev–Trinajstić information content (AvgIpc) is 2.62. The number of nitrogens with one attached hydrogen (secondary N) is 1. The summed E-state index contributed by atoms with van der Waals surface area (Å²) in [5.41, 5.74) is 2.51. The van der Waals surface area contributed by atoms with E-state index >= 15 is 0 Å².